The molecule has 0 spiro atoms. The van der Waals surface area contributed by atoms with E-state index in [1.807, 2.05) is 60.7 Å². The molecule has 0 unspecified atom stereocenters. The van der Waals surface area contributed by atoms with Crippen LogP contribution in [-0.2, 0) is 10.8 Å². The molecule has 1 aliphatic carbocycles. The topological polar surface area (TPSA) is 143 Å². The van der Waals surface area contributed by atoms with Crippen molar-refractivity contribution in [2.75, 3.05) is 9.80 Å². The first-order valence-electron chi connectivity index (χ1n) is 25.7. The Labute approximate surface area is 464 Å². The Morgan fingerprint density at radius 1 is 0.378 bits per heavy atom. The smallest absolute Gasteiger partial charge is 0.294 e. The van der Waals surface area contributed by atoms with Crippen LogP contribution in [0.2, 0.25) is 0 Å². The van der Waals surface area contributed by atoms with Gasteiger partial charge in [0.05, 0.1) is 39.0 Å². The lowest BCUT2D eigenvalue weighted by molar-refractivity contribution is -0.288. The van der Waals surface area contributed by atoms with E-state index in [9.17, 15) is 38.4 Å². The number of benzene rings is 8. The van der Waals surface area contributed by atoms with Gasteiger partial charge in [0.15, 0.2) is 23.1 Å². The third-order valence-electron chi connectivity index (χ3n) is 16.1. The maximum atomic E-state index is 15.5. The molecule has 408 valence electrons. The van der Waals surface area contributed by atoms with Crippen molar-refractivity contribution in [2.24, 2.45) is 0 Å². The van der Waals surface area contributed by atoms with Crippen LogP contribution in [0.25, 0.3) is 22.3 Å². The van der Waals surface area contributed by atoms with Crippen molar-refractivity contribution in [3.8, 4) is 22.3 Å². The van der Waals surface area contributed by atoms with Crippen LogP contribution in [0.5, 0.6) is 0 Å². The van der Waals surface area contributed by atoms with E-state index in [4.69, 9.17) is 0 Å². The maximum absolute atomic E-state index is 15.5. The molecule has 8 aromatic carbocycles. The van der Waals surface area contributed by atoms with Crippen molar-refractivity contribution < 1.29 is 64.7 Å². The number of nitrogens with zero attached hydrogens (tertiary/aromatic N) is 2. The number of rotatable bonds is 11. The normalized spacial score (nSPS) is 14.4. The third kappa shape index (κ3) is 7.78. The van der Waals surface area contributed by atoms with Gasteiger partial charge in [0.2, 0.25) is 5.41 Å². The summed E-state index contributed by atoms with van der Waals surface area (Å²) in [4.78, 5) is 109. The average molecular weight is 1110 g/mol. The predicted molar refractivity (Wildman–Crippen MR) is 293 cm³/mol. The highest BCUT2D eigenvalue weighted by Gasteiger charge is 2.73. The number of hydrogen-bond donors (Lipinski definition) is 0. The fourth-order valence-corrected chi connectivity index (χ4v) is 12.3. The Bertz CT molecular complexity index is 4190. The highest BCUT2D eigenvalue weighted by atomic mass is 19.4. The molecule has 10 nitrogen and oxygen atoms in total. The SMILES string of the molecule is CC(=O)c1ccc(-c2ccc3c(c2)C(=O)N(c2ccc(C4(c5ccc(N6C(=O)c7ccc(C(c8ccc(C(C)=O)c(C(C)=O)c8)(C(F)(F)F)C(F)(F)F)cc7C6=O)c(C)c5)c5ccccc5-c5ccccc54)cc2C)C3=O)cc1C(C)=O. The summed E-state index contributed by atoms with van der Waals surface area (Å²) in [5.74, 6) is -5.69. The number of ketones is 4. The van der Waals surface area contributed by atoms with Crippen molar-refractivity contribution in [3.05, 3.63) is 247 Å². The molecule has 0 saturated carbocycles. The summed E-state index contributed by atoms with van der Waals surface area (Å²) in [6.45, 7) is 7.99. The number of Topliss-reactive ketones (excluding diaryl/α,β-unsaturated/α-hetero) is 4. The summed E-state index contributed by atoms with van der Waals surface area (Å²) >= 11 is 0. The van der Waals surface area contributed by atoms with Crippen molar-refractivity contribution in [1.29, 1.82) is 0 Å². The van der Waals surface area contributed by atoms with Gasteiger partial charge in [0.25, 0.3) is 23.6 Å². The fourth-order valence-electron chi connectivity index (χ4n) is 12.3. The lowest BCUT2D eigenvalue weighted by Gasteiger charge is -2.38. The van der Waals surface area contributed by atoms with E-state index < -0.39 is 86.2 Å². The van der Waals surface area contributed by atoms with Crippen LogP contribution in [-0.4, -0.2) is 59.1 Å². The number of carbonyl (C=O) groups excluding carboxylic acids is 8. The van der Waals surface area contributed by atoms with Gasteiger partial charge < -0.3 is 0 Å². The minimum absolute atomic E-state index is 0.0114. The number of fused-ring (bicyclic) bond motifs is 5. The predicted octanol–water partition coefficient (Wildman–Crippen LogP) is 14.2. The third-order valence-corrected chi connectivity index (χ3v) is 16.1. The van der Waals surface area contributed by atoms with Crippen LogP contribution in [0.3, 0.4) is 0 Å². The molecule has 0 N–H and O–H groups in total. The molecule has 0 aromatic heterocycles. The fraction of sp³-hybridized carbons (Fsp3) is 0.152. The number of alkyl halides is 6. The lowest BCUT2D eigenvalue weighted by atomic mass is 9.67. The summed E-state index contributed by atoms with van der Waals surface area (Å²) in [7, 11) is 0. The zero-order valence-electron chi connectivity index (χ0n) is 44.4. The van der Waals surface area contributed by atoms with Gasteiger partial charge in [0, 0.05) is 22.3 Å². The summed E-state index contributed by atoms with van der Waals surface area (Å²) in [6, 6.07) is 38.5. The Morgan fingerprint density at radius 3 is 1.22 bits per heavy atom. The number of anilines is 2. The highest BCUT2D eigenvalue weighted by molar-refractivity contribution is 6.36. The van der Waals surface area contributed by atoms with E-state index in [1.165, 1.54) is 19.9 Å². The summed E-state index contributed by atoms with van der Waals surface area (Å²) in [5.41, 5.74) is -3.42. The average Bonchev–Trinajstić information content (AvgIpc) is 1.55. The quantitative estimate of drug-likeness (QED) is 0.0708. The van der Waals surface area contributed by atoms with Crippen molar-refractivity contribution in [3.63, 3.8) is 0 Å². The van der Waals surface area contributed by atoms with E-state index in [0.717, 1.165) is 53.1 Å². The number of carbonyl (C=O) groups is 8. The number of hydrogen-bond acceptors (Lipinski definition) is 8. The molecule has 4 amide bonds. The first-order chi connectivity index (χ1) is 38.7. The molecular weight excluding hydrogens is 1060 g/mol. The standard InChI is InChI=1S/C66H44F6N2O8/c1-33-27-41(19-25-57(33)73-59(79)49-22-16-40(30-53(49)61(73)81)39-15-21-45(35(3)75)51(29-39)37(5)77)63(55-13-9-7-11-47(55)48-12-8-10-14-56(48)63)42-20-26-58(34(2)28-42)74-60(80)50-24-18-44(32-54(50)62(74)82)64(65(67,68)69,66(70,71)72)43-17-23-46(36(4)76)52(31-43)38(6)78/h7-32H,1-6H3. The second-order valence-electron chi connectivity index (χ2n) is 20.7. The van der Waals surface area contributed by atoms with Crippen LogP contribution >= 0.6 is 0 Å². The molecule has 2 heterocycles. The van der Waals surface area contributed by atoms with Crippen LogP contribution in [0, 0.1) is 13.8 Å². The van der Waals surface area contributed by atoms with E-state index >= 15 is 26.3 Å². The van der Waals surface area contributed by atoms with Crippen molar-refractivity contribution >= 4 is 58.1 Å². The van der Waals surface area contributed by atoms with Gasteiger partial charge in [-0.3, -0.25) is 38.4 Å². The monoisotopic (exact) mass is 1110 g/mol. The van der Waals surface area contributed by atoms with Gasteiger partial charge in [-0.1, -0.05) is 109 Å². The van der Waals surface area contributed by atoms with E-state index in [1.54, 1.807) is 68.4 Å². The lowest BCUT2D eigenvalue weighted by Crippen LogP contribution is -2.55. The molecule has 0 saturated heterocycles. The van der Waals surface area contributed by atoms with Gasteiger partial charge in [-0.25, -0.2) is 9.80 Å². The first-order valence-corrected chi connectivity index (χ1v) is 25.7. The Hall–Kier alpha value is -9.70. The second kappa shape index (κ2) is 19.0. The molecule has 0 fully saturated rings. The summed E-state index contributed by atoms with van der Waals surface area (Å²) in [5, 5.41) is 0. The number of amides is 4. The van der Waals surface area contributed by atoms with E-state index in [0.29, 0.717) is 68.2 Å². The Kier molecular flexibility index (Phi) is 12.6. The first kappa shape index (κ1) is 54.3. The zero-order valence-corrected chi connectivity index (χ0v) is 44.4. The zero-order chi connectivity index (χ0) is 58.9. The summed E-state index contributed by atoms with van der Waals surface area (Å²) in [6.07, 6.45) is -12.3. The highest BCUT2D eigenvalue weighted by Crippen LogP contribution is 2.59. The molecule has 3 aliphatic rings. The minimum Gasteiger partial charge on any atom is -0.294 e. The van der Waals surface area contributed by atoms with Crippen molar-refractivity contribution in [2.45, 2.75) is 64.7 Å². The van der Waals surface area contributed by atoms with Gasteiger partial charge in [-0.05, 0) is 157 Å². The number of halogens is 6. The van der Waals surface area contributed by atoms with Gasteiger partial charge in [-0.15, -0.1) is 0 Å². The van der Waals surface area contributed by atoms with Gasteiger partial charge >= 0.3 is 12.4 Å². The largest absolute Gasteiger partial charge is 0.411 e. The molecule has 0 radical (unpaired) electrons. The molecule has 16 heteroatoms. The van der Waals surface area contributed by atoms with Crippen LogP contribution in [0.4, 0.5) is 37.7 Å². The maximum Gasteiger partial charge on any atom is 0.411 e. The van der Waals surface area contributed by atoms with Crippen LogP contribution < -0.4 is 9.80 Å². The second-order valence-corrected chi connectivity index (χ2v) is 20.7. The van der Waals surface area contributed by atoms with Crippen molar-refractivity contribution in [1.82, 2.24) is 0 Å². The number of aryl methyl sites for hydroxylation is 2. The van der Waals surface area contributed by atoms with E-state index in [-0.39, 0.29) is 45.1 Å². The molecular formula is C66H44F6N2O8. The van der Waals surface area contributed by atoms with Gasteiger partial charge in [-0.2, -0.15) is 26.3 Å². The van der Waals surface area contributed by atoms with Gasteiger partial charge in [0.1, 0.15) is 0 Å². The Balaban J connectivity index is 0.988. The van der Waals surface area contributed by atoms with Crippen LogP contribution in [0.15, 0.2) is 158 Å². The molecule has 2 aliphatic heterocycles. The number of imide groups is 2. The van der Waals surface area contributed by atoms with E-state index in [2.05, 4.69) is 0 Å². The molecule has 0 bridgehead atoms. The summed E-state index contributed by atoms with van der Waals surface area (Å²) < 4.78 is 92.9. The minimum atomic E-state index is -6.15. The molecule has 8 aromatic rings. The molecule has 0 atom stereocenters. The Morgan fingerprint density at radius 2 is 0.756 bits per heavy atom. The molecule has 11 rings (SSSR count). The van der Waals surface area contributed by atoms with Crippen LogP contribution in [0.1, 0.15) is 155 Å². The molecule has 82 heavy (non-hydrogen) atoms.